The summed E-state index contributed by atoms with van der Waals surface area (Å²) < 4.78 is 0. The summed E-state index contributed by atoms with van der Waals surface area (Å²) >= 11 is 0. The Bertz CT molecular complexity index is 186. The average Bonchev–Trinajstić information content (AvgIpc) is 2.16. The molecule has 0 aromatic rings. The number of carbonyl (C=O) groups excluding carboxylic acids is 1. The molecular formula is C12H24N2O. The number of likely N-dealkylation sites (tertiary alicyclic amines) is 1. The lowest BCUT2D eigenvalue weighted by Crippen LogP contribution is -2.44. The third kappa shape index (κ3) is 4.54. The number of nitrogens with zero attached hydrogens (tertiary/aromatic N) is 1. The number of urea groups is 1. The van der Waals surface area contributed by atoms with E-state index in [-0.39, 0.29) is 6.03 Å². The fourth-order valence-electron chi connectivity index (χ4n) is 1.85. The largest absolute Gasteiger partial charge is 0.336 e. The summed E-state index contributed by atoms with van der Waals surface area (Å²) in [6, 6.07) is 0.425. The number of rotatable bonds is 2. The van der Waals surface area contributed by atoms with Crippen molar-refractivity contribution in [1.82, 2.24) is 10.2 Å². The Hall–Kier alpha value is -0.730. The molecule has 1 atom stereocenters. The third-order valence-corrected chi connectivity index (χ3v) is 3.13. The second-order valence-electron chi connectivity index (χ2n) is 4.51. The van der Waals surface area contributed by atoms with Crippen LogP contribution in [-0.2, 0) is 0 Å². The van der Waals surface area contributed by atoms with E-state index in [1.807, 2.05) is 4.90 Å². The molecule has 88 valence electrons. The van der Waals surface area contributed by atoms with Crippen molar-refractivity contribution < 1.29 is 4.79 Å². The Morgan fingerprint density at radius 1 is 1.20 bits per heavy atom. The van der Waals surface area contributed by atoms with Crippen LogP contribution in [-0.4, -0.2) is 30.1 Å². The van der Waals surface area contributed by atoms with Crippen molar-refractivity contribution in [3.8, 4) is 0 Å². The molecule has 3 heteroatoms. The van der Waals surface area contributed by atoms with E-state index in [0.717, 1.165) is 32.4 Å². The van der Waals surface area contributed by atoms with Crippen LogP contribution in [0.1, 0.15) is 52.4 Å². The van der Waals surface area contributed by atoms with Gasteiger partial charge < -0.3 is 10.2 Å². The quantitative estimate of drug-likeness (QED) is 0.750. The van der Waals surface area contributed by atoms with Crippen molar-refractivity contribution in [2.24, 2.45) is 0 Å². The number of carbonyl (C=O) groups is 1. The van der Waals surface area contributed by atoms with Gasteiger partial charge in [0.2, 0.25) is 0 Å². The first kappa shape index (κ1) is 12.3. The molecule has 0 spiro atoms. The van der Waals surface area contributed by atoms with Crippen molar-refractivity contribution in [1.29, 1.82) is 0 Å². The molecule has 0 aromatic heterocycles. The SMILES string of the molecule is CC[C@@H](C)NC(=O)N1CCCCCCC1. The predicted octanol–water partition coefficient (Wildman–Crippen LogP) is 2.76. The van der Waals surface area contributed by atoms with Gasteiger partial charge in [0.25, 0.3) is 0 Å². The van der Waals surface area contributed by atoms with Crippen LogP contribution >= 0.6 is 0 Å². The molecule has 1 aliphatic rings. The molecule has 1 N–H and O–H groups in total. The highest BCUT2D eigenvalue weighted by Crippen LogP contribution is 2.10. The second-order valence-corrected chi connectivity index (χ2v) is 4.51. The van der Waals surface area contributed by atoms with Gasteiger partial charge in [-0.15, -0.1) is 0 Å². The minimum Gasteiger partial charge on any atom is -0.336 e. The molecule has 1 rings (SSSR count). The smallest absolute Gasteiger partial charge is 0.317 e. The maximum absolute atomic E-state index is 11.8. The summed E-state index contributed by atoms with van der Waals surface area (Å²) in [6.45, 7) is 6.02. The Labute approximate surface area is 93.2 Å². The van der Waals surface area contributed by atoms with Gasteiger partial charge in [-0.3, -0.25) is 0 Å². The van der Waals surface area contributed by atoms with Gasteiger partial charge in [-0.05, 0) is 26.2 Å². The number of hydrogen-bond donors (Lipinski definition) is 1. The van der Waals surface area contributed by atoms with E-state index in [4.69, 9.17) is 0 Å². The van der Waals surface area contributed by atoms with Crippen LogP contribution in [0.2, 0.25) is 0 Å². The molecular weight excluding hydrogens is 188 g/mol. The van der Waals surface area contributed by atoms with E-state index < -0.39 is 0 Å². The van der Waals surface area contributed by atoms with Crippen molar-refractivity contribution in [3.63, 3.8) is 0 Å². The number of hydrogen-bond acceptors (Lipinski definition) is 1. The lowest BCUT2D eigenvalue weighted by atomic mass is 10.1. The van der Waals surface area contributed by atoms with Crippen LogP contribution in [0, 0.1) is 0 Å². The van der Waals surface area contributed by atoms with Gasteiger partial charge in [-0.1, -0.05) is 26.2 Å². The third-order valence-electron chi connectivity index (χ3n) is 3.13. The Morgan fingerprint density at radius 3 is 2.27 bits per heavy atom. The van der Waals surface area contributed by atoms with E-state index in [0.29, 0.717) is 6.04 Å². The van der Waals surface area contributed by atoms with Gasteiger partial charge in [-0.2, -0.15) is 0 Å². The molecule has 0 unspecified atom stereocenters. The van der Waals surface area contributed by atoms with Crippen LogP contribution in [0.25, 0.3) is 0 Å². The van der Waals surface area contributed by atoms with Gasteiger partial charge >= 0.3 is 6.03 Å². The molecule has 1 fully saturated rings. The molecule has 0 bridgehead atoms. The normalized spacial score (nSPS) is 20.3. The summed E-state index contributed by atoms with van der Waals surface area (Å²) in [4.78, 5) is 13.8. The standard InChI is InChI=1S/C12H24N2O/c1-3-11(2)13-12(15)14-9-7-5-4-6-8-10-14/h11H,3-10H2,1-2H3,(H,13,15)/t11-/m1/s1. The van der Waals surface area contributed by atoms with Crippen molar-refractivity contribution in [2.45, 2.75) is 58.4 Å². The Balaban J connectivity index is 2.34. The number of nitrogens with one attached hydrogen (secondary N) is 1. The summed E-state index contributed by atoms with van der Waals surface area (Å²) in [5, 5.41) is 3.03. The van der Waals surface area contributed by atoms with Crippen LogP contribution < -0.4 is 5.32 Å². The fourth-order valence-corrected chi connectivity index (χ4v) is 1.85. The molecule has 3 nitrogen and oxygen atoms in total. The van der Waals surface area contributed by atoms with Gasteiger partial charge in [0.1, 0.15) is 0 Å². The van der Waals surface area contributed by atoms with E-state index in [1.54, 1.807) is 0 Å². The highest BCUT2D eigenvalue weighted by molar-refractivity contribution is 5.74. The summed E-state index contributed by atoms with van der Waals surface area (Å²) in [6.07, 6.45) is 7.20. The zero-order chi connectivity index (χ0) is 11.1. The highest BCUT2D eigenvalue weighted by atomic mass is 16.2. The first-order chi connectivity index (χ1) is 7.24. The molecule has 1 aliphatic heterocycles. The first-order valence-corrected chi connectivity index (χ1v) is 6.29. The van der Waals surface area contributed by atoms with E-state index >= 15 is 0 Å². The van der Waals surface area contributed by atoms with Gasteiger partial charge in [0.15, 0.2) is 0 Å². The zero-order valence-electron chi connectivity index (χ0n) is 10.1. The van der Waals surface area contributed by atoms with Crippen molar-refractivity contribution in [3.05, 3.63) is 0 Å². The molecule has 1 saturated heterocycles. The van der Waals surface area contributed by atoms with E-state index in [1.165, 1.54) is 19.3 Å². The molecule has 0 radical (unpaired) electrons. The van der Waals surface area contributed by atoms with Crippen molar-refractivity contribution >= 4 is 6.03 Å². The fraction of sp³-hybridized carbons (Fsp3) is 0.917. The molecule has 15 heavy (non-hydrogen) atoms. The molecule has 1 heterocycles. The van der Waals surface area contributed by atoms with E-state index in [9.17, 15) is 4.79 Å². The van der Waals surface area contributed by atoms with Gasteiger partial charge in [0, 0.05) is 19.1 Å². The molecule has 0 aromatic carbocycles. The molecule has 2 amide bonds. The minimum atomic E-state index is 0.131. The Kier molecular flexibility index (Phi) is 5.51. The molecule has 0 aliphatic carbocycles. The van der Waals surface area contributed by atoms with Crippen molar-refractivity contribution in [2.75, 3.05) is 13.1 Å². The predicted molar refractivity (Wildman–Crippen MR) is 62.9 cm³/mol. The lowest BCUT2D eigenvalue weighted by Gasteiger charge is -2.26. The highest BCUT2D eigenvalue weighted by Gasteiger charge is 2.15. The topological polar surface area (TPSA) is 32.3 Å². The summed E-state index contributed by atoms with van der Waals surface area (Å²) in [5.41, 5.74) is 0. The minimum absolute atomic E-state index is 0.131. The average molecular weight is 212 g/mol. The van der Waals surface area contributed by atoms with Gasteiger partial charge in [-0.25, -0.2) is 4.79 Å². The Morgan fingerprint density at radius 2 is 1.73 bits per heavy atom. The maximum atomic E-state index is 11.8. The van der Waals surface area contributed by atoms with Crippen LogP contribution in [0.3, 0.4) is 0 Å². The number of amides is 2. The summed E-state index contributed by atoms with van der Waals surface area (Å²) in [7, 11) is 0. The van der Waals surface area contributed by atoms with Crippen LogP contribution in [0.4, 0.5) is 4.79 Å². The zero-order valence-corrected chi connectivity index (χ0v) is 10.1. The van der Waals surface area contributed by atoms with Crippen LogP contribution in [0.15, 0.2) is 0 Å². The first-order valence-electron chi connectivity index (χ1n) is 6.29. The lowest BCUT2D eigenvalue weighted by molar-refractivity contribution is 0.188. The second kappa shape index (κ2) is 6.70. The summed E-state index contributed by atoms with van der Waals surface area (Å²) in [5.74, 6) is 0. The monoisotopic (exact) mass is 212 g/mol. The van der Waals surface area contributed by atoms with Crippen LogP contribution in [0.5, 0.6) is 0 Å². The van der Waals surface area contributed by atoms with Gasteiger partial charge in [0.05, 0.1) is 0 Å². The molecule has 0 saturated carbocycles. The maximum Gasteiger partial charge on any atom is 0.317 e. The van der Waals surface area contributed by atoms with E-state index in [2.05, 4.69) is 19.2 Å².